The molecule has 4 rings (SSSR count). The van der Waals surface area contributed by atoms with Crippen LogP contribution in [0.4, 0.5) is 18.9 Å². The zero-order valence-electron chi connectivity index (χ0n) is 18.5. The van der Waals surface area contributed by atoms with Crippen LogP contribution in [-0.2, 0) is 9.84 Å². The van der Waals surface area contributed by atoms with Gasteiger partial charge in [0.2, 0.25) is 0 Å². The molecule has 2 aromatic carbocycles. The molecule has 2 aliphatic rings. The summed E-state index contributed by atoms with van der Waals surface area (Å²) in [7, 11) is -2.81. The van der Waals surface area contributed by atoms with Crippen LogP contribution in [0.25, 0.3) is 0 Å². The Labute approximate surface area is 204 Å². The molecule has 2 unspecified atom stereocenters. The van der Waals surface area contributed by atoms with Gasteiger partial charge in [0.1, 0.15) is 12.6 Å². The van der Waals surface area contributed by atoms with E-state index < -0.39 is 55.9 Å². The number of sulfone groups is 1. The normalized spacial score (nSPS) is 26.6. The Kier molecular flexibility index (Phi) is 6.62. The molecule has 0 heterocycles. The molecule has 2 fully saturated rings. The summed E-state index contributed by atoms with van der Waals surface area (Å²) in [6.45, 7) is 0. The number of hydroxylamine groups is 1. The molecule has 1 amide bonds. The van der Waals surface area contributed by atoms with Crippen LogP contribution in [0.5, 0.6) is 0 Å². The van der Waals surface area contributed by atoms with Crippen LogP contribution in [0.3, 0.4) is 0 Å². The molecule has 0 aliphatic heterocycles. The highest BCUT2D eigenvalue weighted by molar-refractivity contribution is 7.92. The number of nitrogens with zero attached hydrogens (tertiary/aromatic N) is 1. The average molecular weight is 531 g/mol. The van der Waals surface area contributed by atoms with E-state index in [1.54, 1.807) is 0 Å². The number of hydrogen-bond donors (Lipinski definition) is 2. The molecular weight excluding hydrogens is 509 g/mol. The number of rotatable bonds is 5. The summed E-state index contributed by atoms with van der Waals surface area (Å²) in [6.07, 6.45) is 2.44. The molecule has 2 N–H and O–H groups in total. The van der Waals surface area contributed by atoms with Gasteiger partial charge in [0.15, 0.2) is 33.5 Å². The summed E-state index contributed by atoms with van der Waals surface area (Å²) in [4.78, 5) is 12.4. The van der Waals surface area contributed by atoms with Gasteiger partial charge in [-0.2, -0.15) is 0 Å². The van der Waals surface area contributed by atoms with Gasteiger partial charge in [-0.1, -0.05) is 11.6 Å². The van der Waals surface area contributed by atoms with E-state index in [0.717, 1.165) is 12.3 Å². The minimum absolute atomic E-state index is 0.0967. The topological polar surface area (TPSA) is 110 Å². The monoisotopic (exact) mass is 530 g/mol. The summed E-state index contributed by atoms with van der Waals surface area (Å²) in [5.41, 5.74) is -1.89. The maximum absolute atomic E-state index is 13.6. The number of hydrogen-bond acceptors (Lipinski definition) is 5. The van der Waals surface area contributed by atoms with Gasteiger partial charge in [-0.05, 0) is 55.7 Å². The van der Waals surface area contributed by atoms with E-state index in [9.17, 15) is 36.7 Å². The third kappa shape index (κ3) is 4.89. The summed E-state index contributed by atoms with van der Waals surface area (Å²) >= 11 is 6.21. The first kappa shape index (κ1) is 25.5. The van der Waals surface area contributed by atoms with Crippen molar-refractivity contribution < 1.29 is 36.2 Å². The number of anilines is 1. The fourth-order valence-corrected chi connectivity index (χ4v) is 8.20. The lowest BCUT2D eigenvalue weighted by molar-refractivity contribution is -0.423. The van der Waals surface area contributed by atoms with Crippen LogP contribution in [0.2, 0.25) is 5.02 Å². The molecule has 188 valence electrons. The highest BCUT2D eigenvalue weighted by Gasteiger charge is 2.55. The number of amides is 1. The van der Waals surface area contributed by atoms with Gasteiger partial charge in [-0.25, -0.2) is 26.3 Å². The molecule has 0 aromatic heterocycles. The van der Waals surface area contributed by atoms with E-state index in [4.69, 9.17) is 11.6 Å². The molecule has 12 heteroatoms. The van der Waals surface area contributed by atoms with Crippen molar-refractivity contribution in [3.63, 3.8) is 0 Å². The maximum atomic E-state index is 13.6. The number of halogens is 4. The van der Waals surface area contributed by atoms with Crippen molar-refractivity contribution in [3.05, 3.63) is 63.6 Å². The lowest BCUT2D eigenvalue weighted by Crippen LogP contribution is -2.48. The van der Waals surface area contributed by atoms with Crippen LogP contribution in [-0.4, -0.2) is 48.3 Å². The number of benzene rings is 2. The van der Waals surface area contributed by atoms with Crippen LogP contribution in [0.1, 0.15) is 36.0 Å². The van der Waals surface area contributed by atoms with Crippen molar-refractivity contribution in [1.82, 2.24) is 0 Å². The van der Waals surface area contributed by atoms with Crippen molar-refractivity contribution in [2.24, 2.45) is 11.8 Å². The molecule has 2 bridgehead atoms. The highest BCUT2D eigenvalue weighted by Crippen LogP contribution is 2.51. The van der Waals surface area contributed by atoms with Crippen molar-refractivity contribution in [2.45, 2.75) is 41.4 Å². The second-order valence-corrected chi connectivity index (χ2v) is 11.6. The third-order valence-electron chi connectivity index (χ3n) is 6.59. The minimum atomic E-state index is -4.05. The second kappa shape index (κ2) is 9.11. The quantitative estimate of drug-likeness (QED) is 0.200. The fourth-order valence-electron chi connectivity index (χ4n) is 5.36. The van der Waals surface area contributed by atoms with Gasteiger partial charge in [-0.3, -0.25) is 4.79 Å². The lowest BCUT2D eigenvalue weighted by Gasteiger charge is -2.37. The van der Waals surface area contributed by atoms with E-state index in [-0.39, 0.29) is 34.0 Å². The van der Waals surface area contributed by atoms with Gasteiger partial charge in [-0.15, -0.1) is 0 Å². The van der Waals surface area contributed by atoms with Gasteiger partial charge >= 0.3 is 0 Å². The van der Waals surface area contributed by atoms with Gasteiger partial charge < -0.3 is 15.6 Å². The summed E-state index contributed by atoms with van der Waals surface area (Å²) < 4.78 is 67.9. The number of carbonyl (C=O) groups excluding carboxylic acids is 1. The molecule has 2 atom stereocenters. The van der Waals surface area contributed by atoms with Gasteiger partial charge in [0, 0.05) is 23.4 Å². The summed E-state index contributed by atoms with van der Waals surface area (Å²) in [5, 5.41) is 23.5. The Morgan fingerprint density at radius 1 is 1.17 bits per heavy atom. The SMILES string of the molecule is C/[N+]([O-])=C\[C@]1(O)CC2CCC(C1)[C@H]2S(=O)(=O)c1cc(C(=O)Nc2cc(F)c(F)c(F)c2)ccc1Cl. The van der Waals surface area contributed by atoms with Crippen molar-refractivity contribution >= 4 is 39.2 Å². The third-order valence-corrected chi connectivity index (χ3v) is 9.47. The summed E-state index contributed by atoms with van der Waals surface area (Å²) in [6, 6.07) is 4.76. The number of nitrogens with one attached hydrogen (secondary N) is 1. The molecule has 2 aliphatic carbocycles. The van der Waals surface area contributed by atoms with Crippen LogP contribution in [0, 0.1) is 34.5 Å². The highest BCUT2D eigenvalue weighted by atomic mass is 35.5. The fraction of sp³-hybridized carbons (Fsp3) is 0.391. The lowest BCUT2D eigenvalue weighted by atomic mass is 9.78. The van der Waals surface area contributed by atoms with E-state index in [2.05, 4.69) is 5.32 Å². The van der Waals surface area contributed by atoms with E-state index in [1.165, 1.54) is 19.2 Å². The number of aliphatic hydroxyl groups is 1. The molecule has 2 aromatic rings. The smallest absolute Gasteiger partial charge is 0.255 e. The number of fused-ring (bicyclic) bond motifs is 2. The number of carbonyl (C=O) groups is 1. The Morgan fingerprint density at radius 3 is 2.29 bits per heavy atom. The Balaban J connectivity index is 1.62. The van der Waals surface area contributed by atoms with Gasteiger partial charge in [0.05, 0.1) is 15.2 Å². The first-order chi connectivity index (χ1) is 16.3. The molecule has 2 saturated carbocycles. The predicted octanol–water partition coefficient (Wildman–Crippen LogP) is 3.91. The molecule has 0 spiro atoms. The van der Waals surface area contributed by atoms with E-state index >= 15 is 0 Å². The standard InChI is InChI=1S/C23H22ClF3N2O5S/c1-29(32)11-23(31)9-13-2-3-14(10-23)21(13)35(33,34)19-6-12(4-5-16(19)24)22(30)28-15-7-17(25)20(27)18(26)8-15/h4-8,11,13-14,21,31H,2-3,9-10H2,1H3,(H,28,30)/b29-11+/t13?,14?,21-,23-. The largest absolute Gasteiger partial charge is 0.624 e. The molecule has 0 radical (unpaired) electrons. The molecule has 0 saturated heterocycles. The van der Waals surface area contributed by atoms with Crippen LogP contribution in [0.15, 0.2) is 35.2 Å². The second-order valence-electron chi connectivity index (χ2n) is 9.15. The van der Waals surface area contributed by atoms with Gasteiger partial charge in [0.25, 0.3) is 5.91 Å². The molecular formula is C23H22ClF3N2O5S. The van der Waals surface area contributed by atoms with Crippen molar-refractivity contribution in [1.29, 1.82) is 0 Å². The zero-order valence-corrected chi connectivity index (χ0v) is 20.0. The van der Waals surface area contributed by atoms with E-state index in [1.807, 2.05) is 0 Å². The average Bonchev–Trinajstić information content (AvgIpc) is 3.04. The van der Waals surface area contributed by atoms with Crippen molar-refractivity contribution in [2.75, 3.05) is 12.4 Å². The zero-order chi connectivity index (χ0) is 25.7. The summed E-state index contributed by atoms with van der Waals surface area (Å²) in [5.74, 6) is -6.38. The predicted molar refractivity (Wildman–Crippen MR) is 123 cm³/mol. The molecule has 7 nitrogen and oxygen atoms in total. The van der Waals surface area contributed by atoms with Crippen molar-refractivity contribution in [3.8, 4) is 0 Å². The van der Waals surface area contributed by atoms with Crippen LogP contribution < -0.4 is 5.32 Å². The molecule has 35 heavy (non-hydrogen) atoms. The maximum Gasteiger partial charge on any atom is 0.255 e. The van der Waals surface area contributed by atoms with E-state index in [0.29, 0.717) is 29.7 Å². The first-order valence-electron chi connectivity index (χ1n) is 10.8. The van der Waals surface area contributed by atoms with Crippen LogP contribution >= 0.6 is 11.6 Å². The first-order valence-corrected chi connectivity index (χ1v) is 12.7. The Bertz CT molecular complexity index is 1290. The Morgan fingerprint density at radius 2 is 1.74 bits per heavy atom. The Hall–Kier alpha value is -2.63. The minimum Gasteiger partial charge on any atom is -0.624 e.